The van der Waals surface area contributed by atoms with Crippen molar-refractivity contribution in [3.63, 3.8) is 0 Å². The summed E-state index contributed by atoms with van der Waals surface area (Å²) in [7, 11) is 0. The molecule has 2 rings (SSSR count). The Morgan fingerprint density at radius 1 is 1.00 bits per heavy atom. The van der Waals surface area contributed by atoms with Gasteiger partial charge < -0.3 is 22.9 Å². The van der Waals surface area contributed by atoms with Crippen LogP contribution in [0.5, 0.6) is 0 Å². The fourth-order valence-corrected chi connectivity index (χ4v) is 3.14. The van der Waals surface area contributed by atoms with Crippen molar-refractivity contribution in [1.82, 2.24) is 0 Å². The number of hydrogen-bond acceptors (Lipinski definition) is 4. The lowest BCUT2D eigenvalue weighted by atomic mass is 9.87. The summed E-state index contributed by atoms with van der Waals surface area (Å²) in [6.07, 6.45) is 18.7. The molecule has 0 radical (unpaired) electrons. The van der Waals surface area contributed by atoms with Crippen LogP contribution in [-0.2, 0) is 0 Å². The molecule has 0 amide bonds. The second-order valence-electron chi connectivity index (χ2n) is 7.49. The molecule has 0 fully saturated rings. The van der Waals surface area contributed by atoms with Crippen LogP contribution in [0.1, 0.15) is 51.7 Å². The number of nitrogens with two attached hydrogens (primary N) is 4. The fraction of sp³-hybridized carbons (Fsp3) is 0.304. The van der Waals surface area contributed by atoms with Crippen molar-refractivity contribution in [2.75, 3.05) is 22.9 Å². The van der Waals surface area contributed by atoms with Crippen LogP contribution < -0.4 is 22.9 Å². The van der Waals surface area contributed by atoms with E-state index in [1.807, 2.05) is 31.2 Å². The first-order chi connectivity index (χ1) is 12.7. The highest BCUT2D eigenvalue weighted by molar-refractivity contribution is 6.05. The van der Waals surface area contributed by atoms with Crippen molar-refractivity contribution in [2.24, 2.45) is 5.41 Å². The van der Waals surface area contributed by atoms with Crippen LogP contribution in [0.3, 0.4) is 0 Å². The summed E-state index contributed by atoms with van der Waals surface area (Å²) in [5.74, 6) is 0. The molecule has 144 valence electrons. The SMILES string of the molecule is C/C=C\C(=C/CCC)c1c(N)c(N)c(N)c(N)c1C1=CC=CC(C)(C)C=C1. The first-order valence-electron chi connectivity index (χ1n) is 9.41. The molecule has 0 aromatic heterocycles. The molecular formula is C23H32N4. The van der Waals surface area contributed by atoms with E-state index in [1.54, 1.807) is 0 Å². The lowest BCUT2D eigenvalue weighted by Gasteiger charge is -2.21. The first kappa shape index (κ1) is 20.4. The van der Waals surface area contributed by atoms with Crippen molar-refractivity contribution >= 4 is 33.9 Å². The number of unbranched alkanes of at least 4 members (excludes halogenated alkanes) is 1. The average molecular weight is 365 g/mol. The number of anilines is 4. The summed E-state index contributed by atoms with van der Waals surface area (Å²) < 4.78 is 0. The van der Waals surface area contributed by atoms with E-state index in [0.29, 0.717) is 22.7 Å². The van der Waals surface area contributed by atoms with E-state index >= 15 is 0 Å². The molecule has 0 bridgehead atoms. The minimum atomic E-state index is -0.0394. The van der Waals surface area contributed by atoms with Crippen LogP contribution in [0.25, 0.3) is 11.1 Å². The van der Waals surface area contributed by atoms with Gasteiger partial charge in [0.15, 0.2) is 0 Å². The van der Waals surface area contributed by atoms with E-state index in [-0.39, 0.29) is 5.41 Å². The van der Waals surface area contributed by atoms with Crippen LogP contribution >= 0.6 is 0 Å². The zero-order valence-corrected chi connectivity index (χ0v) is 16.8. The third-order valence-corrected chi connectivity index (χ3v) is 4.73. The Balaban J connectivity index is 2.85. The molecule has 0 spiro atoms. The average Bonchev–Trinajstić information content (AvgIpc) is 2.80. The smallest absolute Gasteiger partial charge is 0.0809 e. The minimum Gasteiger partial charge on any atom is -0.396 e. The Hall–Kier alpha value is -2.88. The summed E-state index contributed by atoms with van der Waals surface area (Å²) in [6.45, 7) is 8.43. The van der Waals surface area contributed by atoms with Crippen molar-refractivity contribution in [1.29, 1.82) is 0 Å². The van der Waals surface area contributed by atoms with Gasteiger partial charge >= 0.3 is 0 Å². The normalized spacial score (nSPS) is 16.6. The molecular weight excluding hydrogens is 332 g/mol. The van der Waals surface area contributed by atoms with Gasteiger partial charge in [-0.2, -0.15) is 0 Å². The first-order valence-corrected chi connectivity index (χ1v) is 9.41. The quantitative estimate of drug-likeness (QED) is 0.420. The van der Waals surface area contributed by atoms with Crippen molar-refractivity contribution in [2.45, 2.75) is 40.5 Å². The van der Waals surface area contributed by atoms with Gasteiger partial charge in [0, 0.05) is 16.5 Å². The van der Waals surface area contributed by atoms with E-state index in [0.717, 1.165) is 35.1 Å². The predicted molar refractivity (Wildman–Crippen MR) is 122 cm³/mol. The number of rotatable bonds is 5. The summed E-state index contributed by atoms with van der Waals surface area (Å²) in [5, 5.41) is 0. The van der Waals surface area contributed by atoms with Crippen molar-refractivity contribution < 1.29 is 0 Å². The van der Waals surface area contributed by atoms with Gasteiger partial charge in [-0.25, -0.2) is 0 Å². The molecule has 8 N–H and O–H groups in total. The molecule has 4 heteroatoms. The van der Waals surface area contributed by atoms with Crippen molar-refractivity contribution in [3.8, 4) is 0 Å². The van der Waals surface area contributed by atoms with Gasteiger partial charge in [0.1, 0.15) is 0 Å². The summed E-state index contributed by atoms with van der Waals surface area (Å²) in [6, 6.07) is 0. The zero-order chi connectivity index (χ0) is 20.2. The van der Waals surface area contributed by atoms with Gasteiger partial charge in [-0.05, 0) is 24.5 Å². The molecule has 1 aromatic carbocycles. The Morgan fingerprint density at radius 2 is 1.67 bits per heavy atom. The van der Waals surface area contributed by atoms with Crippen LogP contribution in [0.4, 0.5) is 22.7 Å². The highest BCUT2D eigenvalue weighted by Crippen LogP contribution is 2.44. The maximum Gasteiger partial charge on any atom is 0.0809 e. The van der Waals surface area contributed by atoms with Gasteiger partial charge in [0.2, 0.25) is 0 Å². The Bertz CT molecular complexity index is 865. The van der Waals surface area contributed by atoms with Crippen LogP contribution in [0, 0.1) is 5.41 Å². The lowest BCUT2D eigenvalue weighted by Crippen LogP contribution is -2.11. The molecule has 4 nitrogen and oxygen atoms in total. The van der Waals surface area contributed by atoms with Crippen molar-refractivity contribution in [3.05, 3.63) is 59.7 Å². The summed E-state index contributed by atoms with van der Waals surface area (Å²) in [5.41, 5.74) is 30.5. The van der Waals surface area contributed by atoms with Gasteiger partial charge in [-0.1, -0.05) is 75.8 Å². The standard InChI is InChI=1S/C23H32N4/c1-5-7-10-15(9-6-2)17-18(20(25)22(27)21(26)19(17)24)16-11-8-13-23(3,4)14-12-16/h6,8-14H,5,7,24-27H2,1-4H3/b9-6-,15-10+. The van der Waals surface area contributed by atoms with Gasteiger partial charge in [0.25, 0.3) is 0 Å². The third kappa shape index (κ3) is 4.27. The number of nitrogen functional groups attached to an aromatic ring is 4. The van der Waals surface area contributed by atoms with E-state index < -0.39 is 0 Å². The molecule has 1 aliphatic carbocycles. The molecule has 0 saturated heterocycles. The molecule has 1 aliphatic rings. The van der Waals surface area contributed by atoms with E-state index in [4.69, 9.17) is 22.9 Å². The fourth-order valence-electron chi connectivity index (χ4n) is 3.14. The number of hydrogen-bond donors (Lipinski definition) is 4. The maximum atomic E-state index is 6.45. The minimum absolute atomic E-state index is 0.0394. The predicted octanol–water partition coefficient (Wildman–Crippen LogP) is 5.31. The molecule has 0 saturated carbocycles. The largest absolute Gasteiger partial charge is 0.396 e. The van der Waals surface area contributed by atoms with E-state index in [2.05, 4.69) is 45.1 Å². The van der Waals surface area contributed by atoms with Gasteiger partial charge in [-0.15, -0.1) is 0 Å². The molecule has 0 atom stereocenters. The van der Waals surface area contributed by atoms with Crippen LogP contribution in [0.2, 0.25) is 0 Å². The number of benzene rings is 1. The molecule has 1 aromatic rings. The third-order valence-electron chi connectivity index (χ3n) is 4.73. The van der Waals surface area contributed by atoms with E-state index in [1.165, 1.54) is 0 Å². The van der Waals surface area contributed by atoms with Gasteiger partial charge in [-0.3, -0.25) is 0 Å². The highest BCUT2D eigenvalue weighted by Gasteiger charge is 2.22. The molecule has 0 heterocycles. The number of allylic oxidation sites excluding steroid dienone is 10. The Morgan fingerprint density at radius 3 is 2.30 bits per heavy atom. The van der Waals surface area contributed by atoms with Gasteiger partial charge in [0.05, 0.1) is 22.7 Å². The van der Waals surface area contributed by atoms with E-state index in [9.17, 15) is 0 Å². The molecule has 0 unspecified atom stereocenters. The second kappa shape index (κ2) is 8.21. The Kier molecular flexibility index (Phi) is 6.21. The molecule has 27 heavy (non-hydrogen) atoms. The van der Waals surface area contributed by atoms with Crippen LogP contribution in [-0.4, -0.2) is 0 Å². The topological polar surface area (TPSA) is 104 Å². The summed E-state index contributed by atoms with van der Waals surface area (Å²) >= 11 is 0. The monoisotopic (exact) mass is 364 g/mol. The molecule has 0 aliphatic heterocycles. The highest BCUT2D eigenvalue weighted by atomic mass is 14.8. The zero-order valence-electron chi connectivity index (χ0n) is 16.8. The summed E-state index contributed by atoms with van der Waals surface area (Å²) in [4.78, 5) is 0. The lowest BCUT2D eigenvalue weighted by molar-refractivity contribution is 0.627. The Labute approximate surface area is 163 Å². The maximum absolute atomic E-state index is 6.45. The van der Waals surface area contributed by atoms with Crippen LogP contribution in [0.15, 0.2) is 48.6 Å². The second-order valence-corrected chi connectivity index (χ2v) is 7.49.